The molecule has 0 saturated heterocycles. The second kappa shape index (κ2) is 22.2. The zero-order valence-corrected chi connectivity index (χ0v) is 29.8. The maximum atomic E-state index is 14.2. The molecule has 0 N–H and O–H groups in total. The number of hydrogen-bond acceptors (Lipinski definition) is 8. The molecule has 0 unspecified atom stereocenters. The molecule has 14 heteroatoms. The van der Waals surface area contributed by atoms with Crippen LogP contribution < -0.4 is 18.9 Å². The average Bonchev–Trinajstić information content (AvgIpc) is 3.13. The zero-order valence-electron chi connectivity index (χ0n) is 29.8. The van der Waals surface area contributed by atoms with E-state index in [4.69, 9.17) is 28.4 Å². The molecule has 0 spiro atoms. The predicted octanol–water partition coefficient (Wildman–Crippen LogP) is 11.1. The quantitative estimate of drug-likeness (QED) is 0.0293. The van der Waals surface area contributed by atoms with E-state index in [2.05, 4.69) is 13.2 Å². The summed E-state index contributed by atoms with van der Waals surface area (Å²) in [4.78, 5) is 25.6. The first-order valence-corrected chi connectivity index (χ1v) is 17.5. The van der Waals surface area contributed by atoms with E-state index in [1.165, 1.54) is 61.1 Å². The number of carbonyl (C=O) groups is 2. The van der Waals surface area contributed by atoms with Crippen molar-refractivity contribution < 1.29 is 64.4 Å². The monoisotopic (exact) mass is 766 g/mol. The molecule has 0 saturated carbocycles. The lowest BCUT2D eigenvalue weighted by molar-refractivity contribution is -0.163. The summed E-state index contributed by atoms with van der Waals surface area (Å²) in [6.07, 6.45) is 0.548. The molecule has 3 aromatic carbocycles. The Kier molecular flexibility index (Phi) is 17.8. The highest BCUT2D eigenvalue weighted by Crippen LogP contribution is 2.49. The van der Waals surface area contributed by atoms with Crippen LogP contribution in [0.15, 0.2) is 86.3 Å². The first-order chi connectivity index (χ1) is 25.8. The van der Waals surface area contributed by atoms with Gasteiger partial charge in [-0.3, -0.25) is 0 Å². The highest BCUT2D eigenvalue weighted by molar-refractivity contribution is 5.92. The highest BCUT2D eigenvalue weighted by Gasteiger charge is 2.49. The Bertz CT molecular complexity index is 1500. The number of hydrogen-bond donors (Lipinski definition) is 0. The van der Waals surface area contributed by atoms with E-state index in [0.29, 0.717) is 50.1 Å². The zero-order chi connectivity index (χ0) is 39.4. The topological polar surface area (TPSA) is 89.5 Å². The molecule has 0 radical (unpaired) electrons. The molecular weight excluding hydrogens is 722 g/mol. The minimum Gasteiger partial charge on any atom is -0.502 e. The third-order valence-corrected chi connectivity index (χ3v) is 7.87. The molecule has 0 aliphatic carbocycles. The summed E-state index contributed by atoms with van der Waals surface area (Å²) in [5.41, 5.74) is -5.12. The van der Waals surface area contributed by atoms with Crippen LogP contribution in [0.1, 0.15) is 96.1 Å². The Balaban J connectivity index is 1.63. The number of carbonyl (C=O) groups excluding carboxylic acids is 2. The van der Waals surface area contributed by atoms with Crippen molar-refractivity contribution >= 4 is 11.9 Å². The lowest BCUT2D eigenvalue weighted by atomic mass is 10.0. The van der Waals surface area contributed by atoms with Gasteiger partial charge in [0.05, 0.1) is 50.1 Å². The van der Waals surface area contributed by atoms with Crippen molar-refractivity contribution in [3.8, 4) is 23.0 Å². The van der Waals surface area contributed by atoms with Gasteiger partial charge < -0.3 is 28.4 Å². The number of alkyl halides is 6. The summed E-state index contributed by atoms with van der Waals surface area (Å²) in [6.45, 7) is 8.94. The average molecular weight is 767 g/mol. The van der Waals surface area contributed by atoms with Gasteiger partial charge in [0, 0.05) is 0 Å². The van der Waals surface area contributed by atoms with E-state index in [-0.39, 0.29) is 11.1 Å². The fourth-order valence-corrected chi connectivity index (χ4v) is 5.17. The molecule has 3 aromatic rings. The van der Waals surface area contributed by atoms with Gasteiger partial charge in [-0.1, -0.05) is 51.7 Å². The Morgan fingerprint density at radius 1 is 0.481 bits per heavy atom. The largest absolute Gasteiger partial charge is 0.502 e. The van der Waals surface area contributed by atoms with Crippen LogP contribution >= 0.6 is 0 Å². The number of esters is 2. The van der Waals surface area contributed by atoms with Crippen molar-refractivity contribution in [1.29, 1.82) is 0 Å². The van der Waals surface area contributed by atoms with Gasteiger partial charge in [-0.05, 0) is 86.3 Å². The lowest BCUT2D eigenvalue weighted by Crippen LogP contribution is -2.22. The summed E-state index contributed by atoms with van der Waals surface area (Å²) in [5, 5.41) is 0. The molecule has 0 aliphatic rings. The van der Waals surface area contributed by atoms with Crippen LogP contribution in [-0.2, 0) is 21.8 Å². The van der Waals surface area contributed by atoms with Gasteiger partial charge in [-0.2, -0.15) is 26.3 Å². The van der Waals surface area contributed by atoms with E-state index < -0.39 is 46.9 Å². The fraction of sp³-hybridized carbons (Fsp3) is 0.400. The van der Waals surface area contributed by atoms with Crippen molar-refractivity contribution in [2.75, 3.05) is 26.4 Å². The number of benzene rings is 3. The maximum Gasteiger partial charge on any atom is 0.420 e. The van der Waals surface area contributed by atoms with Gasteiger partial charge in [-0.25, -0.2) is 9.59 Å². The molecular formula is C40H44F6O8. The molecule has 3 rings (SSSR count). The van der Waals surface area contributed by atoms with E-state index in [1.54, 1.807) is 0 Å². The molecule has 294 valence electrons. The Hall–Kier alpha value is -5.14. The van der Waals surface area contributed by atoms with Gasteiger partial charge in [0.15, 0.2) is 0 Å². The maximum absolute atomic E-state index is 14.2. The predicted molar refractivity (Wildman–Crippen MR) is 189 cm³/mol. The number of rotatable bonds is 24. The molecule has 0 fully saturated rings. The molecule has 54 heavy (non-hydrogen) atoms. The number of halogens is 6. The molecule has 0 aromatic heterocycles. The minimum absolute atomic E-state index is 0.237. The van der Waals surface area contributed by atoms with Crippen molar-refractivity contribution in [2.45, 2.75) is 76.6 Å². The number of unbranched alkanes of at least 4 members (excludes halogenated alkanes) is 8. The van der Waals surface area contributed by atoms with Crippen molar-refractivity contribution in [3.05, 3.63) is 109 Å². The molecule has 0 heterocycles. The minimum atomic E-state index is -5.67. The van der Waals surface area contributed by atoms with E-state index in [1.807, 2.05) is 0 Å². The van der Waals surface area contributed by atoms with Gasteiger partial charge in [-0.15, -0.1) is 0 Å². The summed E-state index contributed by atoms with van der Waals surface area (Å²) >= 11 is 0. The highest BCUT2D eigenvalue weighted by atomic mass is 19.4. The molecule has 0 atom stereocenters. The van der Waals surface area contributed by atoms with Gasteiger partial charge in [0.1, 0.15) is 34.1 Å². The van der Waals surface area contributed by atoms with Crippen molar-refractivity contribution in [1.82, 2.24) is 0 Å². The summed E-state index contributed by atoms with van der Waals surface area (Å²) < 4.78 is 117. The molecule has 0 aliphatic heterocycles. The van der Waals surface area contributed by atoms with Crippen LogP contribution in [0.5, 0.6) is 23.0 Å². The smallest absolute Gasteiger partial charge is 0.420 e. The third-order valence-electron chi connectivity index (χ3n) is 7.87. The van der Waals surface area contributed by atoms with Crippen LogP contribution in [0.3, 0.4) is 0 Å². The Morgan fingerprint density at radius 3 is 1.11 bits per heavy atom. The summed E-state index contributed by atoms with van der Waals surface area (Å²) in [7, 11) is 0. The standard InChI is InChI=1S/C40H44F6O8/c1-3-49-25-11-7-5-9-13-27-51-31-19-15-29(16-20-31)37(47)53-33-23-24-34(36(40(44,45)46)35(33)39(41,42)43)54-38(48)30-17-21-32(22-18-30)52-28-14-10-6-8-12-26-50-4-2/h3-4,15-24H,1-2,5-14,25-28H2. The molecule has 0 bridgehead atoms. The van der Waals surface area contributed by atoms with Crippen LogP contribution in [-0.4, -0.2) is 38.4 Å². The van der Waals surface area contributed by atoms with Gasteiger partial charge >= 0.3 is 24.3 Å². The second-order valence-electron chi connectivity index (χ2n) is 11.9. The lowest BCUT2D eigenvalue weighted by Gasteiger charge is -2.21. The van der Waals surface area contributed by atoms with Gasteiger partial charge in [0.25, 0.3) is 0 Å². The van der Waals surface area contributed by atoms with Gasteiger partial charge in [0.2, 0.25) is 0 Å². The van der Waals surface area contributed by atoms with Crippen LogP contribution in [0.2, 0.25) is 0 Å². The van der Waals surface area contributed by atoms with E-state index in [0.717, 1.165) is 64.2 Å². The van der Waals surface area contributed by atoms with E-state index >= 15 is 0 Å². The molecule has 0 amide bonds. The summed E-state index contributed by atoms with van der Waals surface area (Å²) in [6, 6.07) is 11.4. The summed E-state index contributed by atoms with van der Waals surface area (Å²) in [5.74, 6) is -4.77. The fourth-order valence-electron chi connectivity index (χ4n) is 5.17. The van der Waals surface area contributed by atoms with Crippen LogP contribution in [0.4, 0.5) is 26.3 Å². The normalized spacial score (nSPS) is 11.4. The second-order valence-corrected chi connectivity index (χ2v) is 11.9. The Labute approximate surface area is 310 Å². The van der Waals surface area contributed by atoms with E-state index in [9.17, 15) is 35.9 Å². The first kappa shape index (κ1) is 43.3. The third kappa shape index (κ3) is 14.7. The first-order valence-electron chi connectivity index (χ1n) is 17.5. The number of ether oxygens (including phenoxy) is 6. The SMILES string of the molecule is C=COCCCCCCCOc1ccc(C(=O)Oc2ccc(OC(=O)c3ccc(OCCCCCCCOC=C)cc3)c(C(F)(F)F)c2C(F)(F)F)cc1. The van der Waals surface area contributed by atoms with Crippen LogP contribution in [0.25, 0.3) is 0 Å². The van der Waals surface area contributed by atoms with Crippen LogP contribution in [0, 0.1) is 0 Å². The molecule has 8 nitrogen and oxygen atoms in total. The van der Waals surface area contributed by atoms with Crippen molar-refractivity contribution in [3.63, 3.8) is 0 Å². The van der Waals surface area contributed by atoms with Crippen molar-refractivity contribution in [2.24, 2.45) is 0 Å². The Morgan fingerprint density at radius 2 is 0.796 bits per heavy atom.